The summed E-state index contributed by atoms with van der Waals surface area (Å²) in [6, 6.07) is 19.8. The Morgan fingerprint density at radius 3 is 1.94 bits per heavy atom. The maximum Gasteiger partial charge on any atom is 0.333 e. The van der Waals surface area contributed by atoms with Crippen LogP contribution in [0.5, 0.6) is 0 Å². The van der Waals surface area contributed by atoms with Crippen LogP contribution in [0.25, 0.3) is 0 Å². The van der Waals surface area contributed by atoms with Gasteiger partial charge in [-0.15, -0.1) is 0 Å². The first-order valence-electron chi connectivity index (χ1n) is 17.0. The highest BCUT2D eigenvalue weighted by Crippen LogP contribution is 2.33. The number of ether oxygens (including phenoxy) is 2. The molecule has 0 saturated carbocycles. The van der Waals surface area contributed by atoms with Gasteiger partial charge in [0.25, 0.3) is 5.91 Å². The van der Waals surface area contributed by atoms with E-state index in [-0.39, 0.29) is 12.3 Å². The van der Waals surface area contributed by atoms with Crippen molar-refractivity contribution in [3.8, 4) is 0 Å². The first-order valence-corrected chi connectivity index (χ1v) is 17.0. The van der Waals surface area contributed by atoms with Crippen molar-refractivity contribution >= 4 is 41.5 Å². The maximum absolute atomic E-state index is 14.2. The predicted octanol–water partition coefficient (Wildman–Crippen LogP) is 3.38. The van der Waals surface area contributed by atoms with Crippen LogP contribution in [0.15, 0.2) is 84.9 Å². The fourth-order valence-corrected chi connectivity index (χ4v) is 5.69. The van der Waals surface area contributed by atoms with E-state index in [9.17, 15) is 28.8 Å². The van der Waals surface area contributed by atoms with Crippen molar-refractivity contribution in [2.45, 2.75) is 83.2 Å². The first kappa shape index (κ1) is 39.7. The first-order chi connectivity index (χ1) is 24.8. The molecule has 1 aliphatic heterocycles. The topological polar surface area (TPSA) is 210 Å². The fourth-order valence-electron chi connectivity index (χ4n) is 5.69. The number of carbonyl (C=O) groups is 6. The van der Waals surface area contributed by atoms with Gasteiger partial charge in [0.15, 0.2) is 11.6 Å². The van der Waals surface area contributed by atoms with Crippen LogP contribution in [0.2, 0.25) is 0 Å². The molecular formula is C39H46N6O8. The average molecular weight is 727 g/mol. The number of hydrogen-bond acceptors (Lipinski definition) is 9. The SMILES string of the molecule is CC(C)(C)OC(=O)C[C@H](NC(=O)CN1C(=O)NC(Cc2ccccc2)(c2ccc(C(=N)N)cc2)C1=O)C(=O)N[C@H](C(=O)OC(C)(C)C)c1ccccc1. The molecule has 3 aromatic rings. The third-order valence-corrected chi connectivity index (χ3v) is 7.98. The molecular weight excluding hydrogens is 680 g/mol. The van der Waals surface area contributed by atoms with E-state index >= 15 is 0 Å². The molecule has 0 bridgehead atoms. The highest BCUT2D eigenvalue weighted by atomic mass is 16.6. The Bertz CT molecular complexity index is 1850. The maximum atomic E-state index is 14.2. The molecule has 6 N–H and O–H groups in total. The van der Waals surface area contributed by atoms with E-state index < -0.39 is 77.5 Å². The van der Waals surface area contributed by atoms with Crippen LogP contribution in [0.4, 0.5) is 4.79 Å². The lowest BCUT2D eigenvalue weighted by Crippen LogP contribution is -2.53. The van der Waals surface area contributed by atoms with Crippen molar-refractivity contribution in [1.82, 2.24) is 20.9 Å². The van der Waals surface area contributed by atoms with Crippen molar-refractivity contribution in [3.63, 3.8) is 0 Å². The molecule has 5 amide bonds. The molecule has 3 aromatic carbocycles. The van der Waals surface area contributed by atoms with Gasteiger partial charge >= 0.3 is 18.0 Å². The van der Waals surface area contributed by atoms with Crippen LogP contribution >= 0.6 is 0 Å². The molecule has 3 atom stereocenters. The smallest absolute Gasteiger partial charge is 0.333 e. The van der Waals surface area contributed by atoms with Gasteiger partial charge in [0.2, 0.25) is 11.8 Å². The number of imide groups is 1. The molecule has 1 heterocycles. The van der Waals surface area contributed by atoms with Crippen LogP contribution in [-0.4, -0.2) is 70.2 Å². The Morgan fingerprint density at radius 2 is 1.40 bits per heavy atom. The Hall–Kier alpha value is -6.05. The standard InChI is InChI=1S/C39H46N6O8/c1-37(2,3)52-30(47)21-28(33(48)43-31(25-15-11-8-12-16-25)34(49)53-38(4,5)6)42-29(46)23-45-35(50)39(44-36(45)51,22-24-13-9-7-10-14-24)27-19-17-26(18-20-27)32(40)41/h7-20,28,31H,21-23H2,1-6H3,(H3,40,41)(H,42,46)(H,43,48)(H,44,51)/t28-,31-,39?/m0/s1. The van der Waals surface area contributed by atoms with E-state index in [1.165, 1.54) is 0 Å². The van der Waals surface area contributed by atoms with E-state index in [2.05, 4.69) is 16.0 Å². The summed E-state index contributed by atoms with van der Waals surface area (Å²) in [6.07, 6.45) is -0.601. The number of nitrogens with one attached hydrogen (secondary N) is 4. The lowest BCUT2D eigenvalue weighted by atomic mass is 9.83. The number of nitrogens with two attached hydrogens (primary N) is 1. The van der Waals surface area contributed by atoms with Crippen molar-refractivity contribution in [2.24, 2.45) is 5.73 Å². The van der Waals surface area contributed by atoms with Gasteiger partial charge in [-0.2, -0.15) is 0 Å². The van der Waals surface area contributed by atoms with Gasteiger partial charge in [0.05, 0.1) is 6.42 Å². The van der Waals surface area contributed by atoms with Gasteiger partial charge in [0, 0.05) is 12.0 Å². The van der Waals surface area contributed by atoms with Crippen molar-refractivity contribution < 1.29 is 38.2 Å². The molecule has 1 aliphatic rings. The zero-order valence-corrected chi connectivity index (χ0v) is 30.6. The molecule has 1 unspecified atom stereocenters. The Balaban J connectivity index is 1.61. The number of esters is 2. The number of nitrogens with zero attached hydrogens (tertiary/aromatic N) is 1. The van der Waals surface area contributed by atoms with Gasteiger partial charge in [-0.25, -0.2) is 9.59 Å². The number of amides is 5. The van der Waals surface area contributed by atoms with Gasteiger partial charge < -0.3 is 31.2 Å². The number of urea groups is 1. The molecule has 0 aromatic heterocycles. The number of benzene rings is 3. The van der Waals surface area contributed by atoms with E-state index in [1.54, 1.807) is 120 Å². The third-order valence-electron chi connectivity index (χ3n) is 7.98. The van der Waals surface area contributed by atoms with Gasteiger partial charge in [-0.05, 0) is 58.2 Å². The van der Waals surface area contributed by atoms with E-state index in [4.69, 9.17) is 20.6 Å². The molecule has 4 rings (SSSR count). The number of hydrogen-bond donors (Lipinski definition) is 5. The van der Waals surface area contributed by atoms with Crippen LogP contribution in [0, 0.1) is 5.41 Å². The largest absolute Gasteiger partial charge is 0.460 e. The van der Waals surface area contributed by atoms with Gasteiger partial charge in [0.1, 0.15) is 29.6 Å². The number of rotatable bonds is 13. The monoisotopic (exact) mass is 726 g/mol. The lowest BCUT2D eigenvalue weighted by molar-refractivity contribution is -0.159. The minimum atomic E-state index is -1.63. The zero-order valence-electron chi connectivity index (χ0n) is 30.6. The zero-order chi connectivity index (χ0) is 39.1. The Labute approximate surface area is 308 Å². The highest BCUT2D eigenvalue weighted by molar-refractivity contribution is 6.10. The summed E-state index contributed by atoms with van der Waals surface area (Å²) in [5, 5.41) is 15.6. The molecule has 14 nitrogen and oxygen atoms in total. The summed E-state index contributed by atoms with van der Waals surface area (Å²) in [7, 11) is 0. The minimum Gasteiger partial charge on any atom is -0.460 e. The molecule has 1 saturated heterocycles. The second-order valence-electron chi connectivity index (χ2n) is 14.7. The quantitative estimate of drug-likeness (QED) is 0.0756. The molecule has 53 heavy (non-hydrogen) atoms. The summed E-state index contributed by atoms with van der Waals surface area (Å²) in [5.74, 6) is -4.36. The molecule has 0 aliphatic carbocycles. The van der Waals surface area contributed by atoms with Gasteiger partial charge in [-0.3, -0.25) is 29.5 Å². The second-order valence-corrected chi connectivity index (χ2v) is 14.7. The predicted molar refractivity (Wildman–Crippen MR) is 195 cm³/mol. The van der Waals surface area contributed by atoms with Crippen LogP contribution < -0.4 is 21.7 Å². The van der Waals surface area contributed by atoms with Crippen molar-refractivity contribution in [1.29, 1.82) is 5.41 Å². The Morgan fingerprint density at radius 1 is 0.830 bits per heavy atom. The average Bonchev–Trinajstić information content (AvgIpc) is 3.30. The number of carbonyl (C=O) groups excluding carboxylic acids is 6. The highest BCUT2D eigenvalue weighted by Gasteiger charge is 2.53. The molecule has 0 radical (unpaired) electrons. The third kappa shape index (κ3) is 10.5. The summed E-state index contributed by atoms with van der Waals surface area (Å²) in [4.78, 5) is 82.2. The molecule has 14 heteroatoms. The van der Waals surface area contributed by atoms with Gasteiger partial charge in [-0.1, -0.05) is 84.9 Å². The van der Waals surface area contributed by atoms with E-state index in [0.29, 0.717) is 16.7 Å². The number of amidine groups is 1. The molecule has 280 valence electrons. The van der Waals surface area contributed by atoms with Crippen molar-refractivity contribution in [2.75, 3.05) is 6.54 Å². The number of nitrogen functional groups attached to an aromatic ring is 1. The van der Waals surface area contributed by atoms with E-state index in [1.807, 2.05) is 6.07 Å². The fraction of sp³-hybridized carbons (Fsp3) is 0.359. The summed E-state index contributed by atoms with van der Waals surface area (Å²) in [6.45, 7) is 9.13. The minimum absolute atomic E-state index is 0.0329. The lowest BCUT2D eigenvalue weighted by Gasteiger charge is -2.28. The second kappa shape index (κ2) is 16.1. The normalized spacial score (nSPS) is 16.9. The summed E-state index contributed by atoms with van der Waals surface area (Å²) in [5.41, 5.74) is 4.10. The molecule has 0 spiro atoms. The van der Waals surface area contributed by atoms with Crippen LogP contribution in [0.1, 0.15) is 76.3 Å². The summed E-state index contributed by atoms with van der Waals surface area (Å²) >= 11 is 0. The van der Waals surface area contributed by atoms with E-state index in [0.717, 1.165) is 10.5 Å². The van der Waals surface area contributed by atoms with Crippen LogP contribution in [-0.2, 0) is 45.4 Å². The summed E-state index contributed by atoms with van der Waals surface area (Å²) < 4.78 is 11.0. The van der Waals surface area contributed by atoms with Crippen molar-refractivity contribution in [3.05, 3.63) is 107 Å². The van der Waals surface area contributed by atoms with Crippen LogP contribution in [0.3, 0.4) is 0 Å². The Kier molecular flexibility index (Phi) is 12.1. The molecule has 1 fully saturated rings.